The Labute approximate surface area is 195 Å². The van der Waals surface area contributed by atoms with Crippen LogP contribution in [0.25, 0.3) is 21.5 Å². The molecule has 1 aliphatic rings. The van der Waals surface area contributed by atoms with Crippen LogP contribution in [0.5, 0.6) is 0 Å². The van der Waals surface area contributed by atoms with E-state index < -0.39 is 0 Å². The van der Waals surface area contributed by atoms with Gasteiger partial charge in [0.15, 0.2) is 10.3 Å². The third-order valence-corrected chi connectivity index (χ3v) is 8.10. The minimum Gasteiger partial charge on any atom is -0.301 e. The van der Waals surface area contributed by atoms with Crippen LogP contribution in [0.15, 0.2) is 39.6 Å². The van der Waals surface area contributed by atoms with Gasteiger partial charge in [-0.25, -0.2) is 9.97 Å². The molecule has 10 heteroatoms. The number of carbonyl (C=O) groups is 1. The average molecular weight is 489 g/mol. The molecule has 0 fully saturated rings. The summed E-state index contributed by atoms with van der Waals surface area (Å²) in [5.41, 5.74) is 2.77. The van der Waals surface area contributed by atoms with Crippen molar-refractivity contribution in [1.29, 1.82) is 0 Å². The first-order chi connectivity index (χ1) is 15.1. The maximum Gasteiger partial charge on any atom is 0.260 e. The molecule has 0 bridgehead atoms. The van der Waals surface area contributed by atoms with Gasteiger partial charge in [-0.05, 0) is 43.4 Å². The number of anilines is 1. The van der Waals surface area contributed by atoms with Gasteiger partial charge in [0.05, 0.1) is 16.8 Å². The summed E-state index contributed by atoms with van der Waals surface area (Å²) in [6, 6.07) is 7.39. The summed E-state index contributed by atoms with van der Waals surface area (Å²) in [7, 11) is 0. The fourth-order valence-electron chi connectivity index (χ4n) is 3.59. The number of thioether (sulfide) groups is 1. The first kappa shape index (κ1) is 20.7. The lowest BCUT2D eigenvalue weighted by Crippen LogP contribution is -2.15. The highest BCUT2D eigenvalue weighted by Crippen LogP contribution is 2.34. The molecule has 1 amide bonds. The molecular formula is C21H17ClN4O2S3. The summed E-state index contributed by atoms with van der Waals surface area (Å²) in [4.78, 5) is 38.9. The van der Waals surface area contributed by atoms with Crippen molar-refractivity contribution < 1.29 is 4.79 Å². The maximum atomic E-state index is 12.6. The molecule has 4 aromatic rings. The molecule has 0 atom stereocenters. The highest BCUT2D eigenvalue weighted by Gasteiger charge is 2.20. The summed E-state index contributed by atoms with van der Waals surface area (Å²) in [6.07, 6.45) is 4.24. The van der Waals surface area contributed by atoms with Crippen molar-refractivity contribution in [1.82, 2.24) is 15.0 Å². The number of nitrogens with one attached hydrogen (secondary N) is 2. The van der Waals surface area contributed by atoms with Crippen molar-refractivity contribution in [3.63, 3.8) is 0 Å². The van der Waals surface area contributed by atoms with Gasteiger partial charge in [0.2, 0.25) is 5.91 Å². The second-order valence-corrected chi connectivity index (χ2v) is 10.5. The number of nitrogens with zero attached hydrogens (tertiary/aromatic N) is 2. The third-order valence-electron chi connectivity index (χ3n) is 5.03. The monoisotopic (exact) mass is 488 g/mol. The molecule has 0 saturated heterocycles. The van der Waals surface area contributed by atoms with E-state index in [1.165, 1.54) is 28.0 Å². The minimum atomic E-state index is -0.199. The molecule has 6 nitrogen and oxygen atoms in total. The van der Waals surface area contributed by atoms with Gasteiger partial charge >= 0.3 is 0 Å². The van der Waals surface area contributed by atoms with Gasteiger partial charge < -0.3 is 10.3 Å². The number of carbonyl (C=O) groups excluding carboxylic acids is 1. The number of amides is 1. The fraction of sp³-hybridized carbons (Fsp3) is 0.238. The molecule has 1 aliphatic carbocycles. The molecule has 0 spiro atoms. The molecule has 2 N–H and O–H groups in total. The van der Waals surface area contributed by atoms with E-state index in [4.69, 9.17) is 11.6 Å². The predicted molar refractivity (Wildman–Crippen MR) is 129 cm³/mol. The van der Waals surface area contributed by atoms with Crippen molar-refractivity contribution in [2.75, 3.05) is 11.1 Å². The van der Waals surface area contributed by atoms with Crippen molar-refractivity contribution in [2.24, 2.45) is 0 Å². The fourth-order valence-corrected chi connectivity index (χ4v) is 6.43. The highest BCUT2D eigenvalue weighted by molar-refractivity contribution is 7.99. The minimum absolute atomic E-state index is 0.111. The zero-order valence-electron chi connectivity index (χ0n) is 16.2. The van der Waals surface area contributed by atoms with Crippen molar-refractivity contribution in [3.8, 4) is 11.3 Å². The van der Waals surface area contributed by atoms with Gasteiger partial charge in [0.1, 0.15) is 4.83 Å². The number of aromatic nitrogens is 3. The lowest BCUT2D eigenvalue weighted by atomic mass is 9.97. The van der Waals surface area contributed by atoms with Crippen LogP contribution >= 0.6 is 46.0 Å². The molecule has 31 heavy (non-hydrogen) atoms. The third kappa shape index (κ3) is 4.41. The number of thiophene rings is 1. The van der Waals surface area contributed by atoms with Gasteiger partial charge in [0, 0.05) is 20.8 Å². The van der Waals surface area contributed by atoms with E-state index in [-0.39, 0.29) is 17.2 Å². The second-order valence-electron chi connectivity index (χ2n) is 7.14. The second kappa shape index (κ2) is 8.74. The number of aryl methyl sites for hydroxylation is 2. The zero-order valence-corrected chi connectivity index (χ0v) is 19.4. The maximum absolute atomic E-state index is 12.6. The molecule has 0 radical (unpaired) electrons. The number of rotatable bonds is 5. The van der Waals surface area contributed by atoms with Crippen molar-refractivity contribution in [3.05, 3.63) is 55.5 Å². The summed E-state index contributed by atoms with van der Waals surface area (Å²) < 4.78 is 0. The zero-order chi connectivity index (χ0) is 21.4. The largest absolute Gasteiger partial charge is 0.301 e. The van der Waals surface area contributed by atoms with Crippen LogP contribution in [0.2, 0.25) is 5.02 Å². The molecule has 3 aromatic heterocycles. The van der Waals surface area contributed by atoms with Crippen LogP contribution in [0.3, 0.4) is 0 Å². The SMILES string of the molecule is O=C(CSc1nc2sc3c(c2c(=O)[nH]1)CCCC3)Nc1nc(-c2ccc(Cl)cc2)cs1. The van der Waals surface area contributed by atoms with E-state index in [1.807, 2.05) is 17.5 Å². The lowest BCUT2D eigenvalue weighted by molar-refractivity contribution is -0.113. The van der Waals surface area contributed by atoms with Crippen LogP contribution in [0.1, 0.15) is 23.3 Å². The van der Waals surface area contributed by atoms with Crippen LogP contribution in [-0.2, 0) is 17.6 Å². The van der Waals surface area contributed by atoms with Crippen LogP contribution in [-0.4, -0.2) is 26.6 Å². The quantitative estimate of drug-likeness (QED) is 0.291. The molecule has 1 aromatic carbocycles. The van der Waals surface area contributed by atoms with Gasteiger partial charge in [-0.1, -0.05) is 35.5 Å². The predicted octanol–water partition coefficient (Wildman–Crippen LogP) is 5.37. The molecule has 3 heterocycles. The smallest absolute Gasteiger partial charge is 0.260 e. The normalized spacial score (nSPS) is 13.3. The van der Waals surface area contributed by atoms with Gasteiger partial charge in [-0.15, -0.1) is 22.7 Å². The van der Waals surface area contributed by atoms with Crippen molar-refractivity contribution >= 4 is 67.3 Å². The number of aromatic amines is 1. The molecule has 0 aliphatic heterocycles. The first-order valence-electron chi connectivity index (χ1n) is 9.75. The van der Waals surface area contributed by atoms with E-state index in [9.17, 15) is 9.59 Å². The Balaban J connectivity index is 1.25. The number of H-pyrrole nitrogens is 1. The molecule has 0 unspecified atom stereocenters. The Bertz CT molecular complexity index is 1330. The van der Waals surface area contributed by atoms with E-state index in [2.05, 4.69) is 20.3 Å². The summed E-state index contributed by atoms with van der Waals surface area (Å²) in [6.45, 7) is 0. The Morgan fingerprint density at radius 1 is 1.19 bits per heavy atom. The van der Waals surface area contributed by atoms with Crippen LogP contribution in [0, 0.1) is 0 Å². The standard InChI is InChI=1S/C21H17ClN4O2S3/c22-12-7-5-11(6-8-12)14-9-29-20(23-14)24-16(27)10-30-21-25-18(28)17-13-3-1-2-4-15(13)31-19(17)26-21/h5-9H,1-4,10H2,(H,23,24,27)(H,25,26,28). The number of benzene rings is 1. The molecule has 0 saturated carbocycles. The first-order valence-corrected chi connectivity index (χ1v) is 12.8. The Morgan fingerprint density at radius 3 is 2.84 bits per heavy atom. The Kier molecular flexibility index (Phi) is 5.83. The summed E-state index contributed by atoms with van der Waals surface area (Å²) in [5, 5.41) is 7.08. The Morgan fingerprint density at radius 2 is 2.00 bits per heavy atom. The number of thiazole rings is 1. The Hall–Kier alpha value is -2.20. The van der Waals surface area contributed by atoms with E-state index in [1.54, 1.807) is 23.5 Å². The van der Waals surface area contributed by atoms with Gasteiger partial charge in [-0.2, -0.15) is 0 Å². The number of hydrogen-bond acceptors (Lipinski definition) is 7. The summed E-state index contributed by atoms with van der Waals surface area (Å²) >= 11 is 10.1. The van der Waals surface area contributed by atoms with Crippen molar-refractivity contribution in [2.45, 2.75) is 30.8 Å². The summed E-state index contributed by atoms with van der Waals surface area (Å²) in [5.74, 6) is -0.0645. The highest BCUT2D eigenvalue weighted by atomic mass is 35.5. The molecule has 158 valence electrons. The number of hydrogen-bond donors (Lipinski definition) is 2. The van der Waals surface area contributed by atoms with E-state index >= 15 is 0 Å². The van der Waals surface area contributed by atoms with E-state index in [0.717, 1.165) is 52.7 Å². The van der Waals surface area contributed by atoms with Gasteiger partial charge in [-0.3, -0.25) is 9.59 Å². The van der Waals surface area contributed by atoms with Crippen LogP contribution in [0.4, 0.5) is 5.13 Å². The topological polar surface area (TPSA) is 87.7 Å². The van der Waals surface area contributed by atoms with E-state index in [0.29, 0.717) is 15.3 Å². The van der Waals surface area contributed by atoms with Gasteiger partial charge in [0.25, 0.3) is 5.56 Å². The number of fused-ring (bicyclic) bond motifs is 3. The van der Waals surface area contributed by atoms with Crippen LogP contribution < -0.4 is 10.9 Å². The average Bonchev–Trinajstić information content (AvgIpc) is 3.37. The molecule has 5 rings (SSSR count). The molecular weight excluding hydrogens is 472 g/mol. The number of halogens is 1. The lowest BCUT2D eigenvalue weighted by Gasteiger charge is -2.09.